The van der Waals surface area contributed by atoms with Gasteiger partial charge in [0.25, 0.3) is 0 Å². The second-order valence-corrected chi connectivity index (χ2v) is 0.964. The number of hydrogen-bond acceptors (Lipinski definition) is 3. The first-order valence-corrected chi connectivity index (χ1v) is 1.58. The average molecular weight is 138 g/mol. The maximum absolute atomic E-state index is 9.74. The van der Waals surface area contributed by atoms with Crippen molar-refractivity contribution in [3.8, 4) is 6.07 Å². The molecule has 0 aliphatic heterocycles. The van der Waals surface area contributed by atoms with Gasteiger partial charge in [-0.05, 0) is 0 Å². The maximum Gasteiger partial charge on any atom is 1.00 e. The fourth-order valence-corrected chi connectivity index (χ4v) is 0.0636. The molecular formula is C3H5N3NaO2-. The molecule has 1 atom stereocenters. The van der Waals surface area contributed by atoms with Crippen LogP contribution in [-0.4, -0.2) is 17.4 Å². The fraction of sp³-hybridized carbons (Fsp3) is 0.333. The van der Waals surface area contributed by atoms with Gasteiger partial charge in [-0.2, -0.15) is 5.26 Å². The van der Waals surface area contributed by atoms with Crippen molar-refractivity contribution in [1.29, 1.82) is 5.26 Å². The van der Waals surface area contributed by atoms with Crippen LogP contribution in [0.25, 0.3) is 5.73 Å². The van der Waals surface area contributed by atoms with Gasteiger partial charge in [-0.3, -0.25) is 4.79 Å². The summed E-state index contributed by atoms with van der Waals surface area (Å²) in [5.41, 5.74) is 10.9. The van der Waals surface area contributed by atoms with Crippen LogP contribution < -0.4 is 35.3 Å². The van der Waals surface area contributed by atoms with Gasteiger partial charge in [0.15, 0.2) is 0 Å². The monoisotopic (exact) mass is 138 g/mol. The van der Waals surface area contributed by atoms with Crippen LogP contribution in [0.2, 0.25) is 0 Å². The Hall–Kier alpha value is -0.120. The molecule has 0 fully saturated rings. The van der Waals surface area contributed by atoms with Crippen LogP contribution in [0, 0.1) is 11.3 Å². The molecule has 0 rings (SSSR count). The largest absolute Gasteiger partial charge is 1.00 e. The average Bonchev–Trinajstić information content (AvgIpc) is 1.65. The van der Waals surface area contributed by atoms with Crippen molar-refractivity contribution in [3.05, 3.63) is 5.73 Å². The van der Waals surface area contributed by atoms with E-state index in [0.717, 1.165) is 0 Å². The maximum atomic E-state index is 9.74. The van der Waals surface area contributed by atoms with Gasteiger partial charge in [0, 0.05) is 6.04 Å². The van der Waals surface area contributed by atoms with Gasteiger partial charge in [0.05, 0.1) is 6.07 Å². The minimum Gasteiger partial charge on any atom is -0.870 e. The van der Waals surface area contributed by atoms with Gasteiger partial charge >= 0.3 is 29.6 Å². The predicted molar refractivity (Wildman–Crippen MR) is 24.9 cm³/mol. The van der Waals surface area contributed by atoms with E-state index >= 15 is 0 Å². The summed E-state index contributed by atoms with van der Waals surface area (Å²) >= 11 is 0. The van der Waals surface area contributed by atoms with E-state index in [-0.39, 0.29) is 35.0 Å². The Kier molecular flexibility index (Phi) is 14.0. The number of primary amides is 1. The zero-order valence-electron chi connectivity index (χ0n) is 4.96. The van der Waals surface area contributed by atoms with Crippen LogP contribution in [0.5, 0.6) is 0 Å². The standard InChI is InChI=1S/C3H4N3O.Na.H2O/c4-1-2(5)3(6)7;;/h2,5H,(H2,6,7);;1H2/q-1;+1;/p-1. The Balaban J connectivity index is -0.000000180. The number of amides is 1. The summed E-state index contributed by atoms with van der Waals surface area (Å²) in [5, 5.41) is 7.77. The van der Waals surface area contributed by atoms with Crippen LogP contribution in [0.4, 0.5) is 0 Å². The Morgan fingerprint density at radius 2 is 2.11 bits per heavy atom. The molecule has 5 nitrogen and oxygen atoms in total. The minimum atomic E-state index is -1.40. The molecule has 0 aromatic heterocycles. The van der Waals surface area contributed by atoms with Crippen LogP contribution in [-0.2, 0) is 4.79 Å². The molecule has 0 saturated carbocycles. The van der Waals surface area contributed by atoms with Crippen molar-refractivity contribution >= 4 is 5.91 Å². The van der Waals surface area contributed by atoms with E-state index < -0.39 is 11.9 Å². The Morgan fingerprint density at radius 3 is 2.11 bits per heavy atom. The van der Waals surface area contributed by atoms with E-state index in [1.54, 1.807) is 0 Å². The molecule has 0 radical (unpaired) electrons. The molecule has 46 valence electrons. The summed E-state index contributed by atoms with van der Waals surface area (Å²) < 4.78 is 0. The van der Waals surface area contributed by atoms with Crippen LogP contribution >= 0.6 is 0 Å². The zero-order valence-corrected chi connectivity index (χ0v) is 6.96. The van der Waals surface area contributed by atoms with Crippen molar-refractivity contribution < 1.29 is 39.8 Å². The van der Waals surface area contributed by atoms with Crippen LogP contribution in [0.15, 0.2) is 0 Å². The summed E-state index contributed by atoms with van der Waals surface area (Å²) in [7, 11) is 0. The molecule has 1 amide bonds. The van der Waals surface area contributed by atoms with Gasteiger partial charge in [-0.25, -0.2) is 0 Å². The summed E-state index contributed by atoms with van der Waals surface area (Å²) in [6.07, 6.45) is 0. The number of nitrogens with one attached hydrogen (secondary N) is 1. The fourth-order valence-electron chi connectivity index (χ4n) is 0.0636. The van der Waals surface area contributed by atoms with E-state index in [2.05, 4.69) is 5.73 Å². The van der Waals surface area contributed by atoms with Crippen molar-refractivity contribution in [2.24, 2.45) is 5.73 Å². The second-order valence-electron chi connectivity index (χ2n) is 0.964. The van der Waals surface area contributed by atoms with E-state index in [1.165, 1.54) is 6.07 Å². The van der Waals surface area contributed by atoms with E-state index in [4.69, 9.17) is 11.0 Å². The van der Waals surface area contributed by atoms with Gasteiger partial charge in [-0.15, -0.1) is 0 Å². The summed E-state index contributed by atoms with van der Waals surface area (Å²) in [6.45, 7) is 0. The third kappa shape index (κ3) is 7.88. The van der Waals surface area contributed by atoms with E-state index in [9.17, 15) is 4.79 Å². The molecule has 6 heteroatoms. The number of hydrogen-bond donors (Lipinski definition) is 1. The molecule has 0 aromatic carbocycles. The van der Waals surface area contributed by atoms with Crippen LogP contribution in [0.1, 0.15) is 0 Å². The second kappa shape index (κ2) is 7.88. The number of nitrogens with zero attached hydrogens (tertiary/aromatic N) is 1. The first-order chi connectivity index (χ1) is 3.18. The first kappa shape index (κ1) is 15.9. The number of nitrogens with two attached hydrogens (primary N) is 1. The normalized spacial score (nSPS) is 9.33. The molecule has 0 saturated heterocycles. The topological polar surface area (TPSA) is 121 Å². The van der Waals surface area contributed by atoms with Gasteiger partial charge < -0.3 is 16.9 Å². The van der Waals surface area contributed by atoms with Gasteiger partial charge in [0.2, 0.25) is 5.91 Å². The molecule has 1 unspecified atom stereocenters. The Bertz CT molecular complexity index is 121. The zero-order chi connectivity index (χ0) is 5.86. The van der Waals surface area contributed by atoms with Crippen molar-refractivity contribution in [3.63, 3.8) is 0 Å². The molecule has 0 heterocycles. The molecular weight excluding hydrogens is 133 g/mol. The summed E-state index contributed by atoms with van der Waals surface area (Å²) in [6, 6.07) is -0.0463. The third-order valence-electron chi connectivity index (χ3n) is 0.414. The predicted octanol–water partition coefficient (Wildman–Crippen LogP) is -3.76. The molecule has 0 aliphatic rings. The molecule has 0 spiro atoms. The first-order valence-electron chi connectivity index (χ1n) is 1.58. The van der Waals surface area contributed by atoms with E-state index in [1.807, 2.05) is 0 Å². The SMILES string of the molecule is N#CC([NH-])C(N)=O.[Na+].[OH-]. The smallest absolute Gasteiger partial charge is 0.870 e. The molecule has 9 heavy (non-hydrogen) atoms. The third-order valence-corrected chi connectivity index (χ3v) is 0.414. The van der Waals surface area contributed by atoms with Gasteiger partial charge in [-0.1, -0.05) is 0 Å². The van der Waals surface area contributed by atoms with Crippen molar-refractivity contribution in [2.75, 3.05) is 0 Å². The number of rotatable bonds is 1. The van der Waals surface area contributed by atoms with Gasteiger partial charge in [0.1, 0.15) is 0 Å². The Morgan fingerprint density at radius 1 is 1.78 bits per heavy atom. The van der Waals surface area contributed by atoms with Crippen LogP contribution in [0.3, 0.4) is 0 Å². The molecule has 0 bridgehead atoms. The summed E-state index contributed by atoms with van der Waals surface area (Å²) in [5.74, 6) is -0.900. The number of carbonyl (C=O) groups excluding carboxylic acids is 1. The van der Waals surface area contributed by atoms with Crippen molar-refractivity contribution in [1.82, 2.24) is 0 Å². The Labute approximate surface area is 74.6 Å². The summed E-state index contributed by atoms with van der Waals surface area (Å²) in [4.78, 5) is 9.74. The number of nitriles is 1. The molecule has 4 N–H and O–H groups in total. The van der Waals surface area contributed by atoms with E-state index in [0.29, 0.717) is 0 Å². The van der Waals surface area contributed by atoms with Crippen molar-refractivity contribution in [2.45, 2.75) is 6.04 Å². The minimum absolute atomic E-state index is 0. The molecule has 0 aromatic rings. The quantitative estimate of drug-likeness (QED) is 0.374. The number of carbonyl (C=O) groups is 1. The molecule has 0 aliphatic carbocycles.